The van der Waals surface area contributed by atoms with Gasteiger partial charge in [0.1, 0.15) is 23.1 Å². The van der Waals surface area contributed by atoms with Crippen LogP contribution in [0.5, 0.6) is 11.5 Å². The van der Waals surface area contributed by atoms with Gasteiger partial charge in [-0.1, -0.05) is 86.6 Å². The van der Waals surface area contributed by atoms with E-state index in [-0.39, 0.29) is 23.1 Å². The molecule has 56 heavy (non-hydrogen) atoms. The van der Waals surface area contributed by atoms with E-state index in [1.54, 1.807) is 48.6 Å². The van der Waals surface area contributed by atoms with Crippen molar-refractivity contribution in [3.8, 4) is 11.5 Å². The molecule has 2 heterocycles. The van der Waals surface area contributed by atoms with Crippen LogP contribution in [0.2, 0.25) is 0 Å². The number of anilines is 1. The molecular weight excluding hydrogens is 701 g/mol. The van der Waals surface area contributed by atoms with Crippen molar-refractivity contribution < 1.29 is 10.2 Å². The highest BCUT2D eigenvalue weighted by Gasteiger charge is 2.24. The first-order chi connectivity index (χ1) is 27.0. The Hall–Kier alpha value is -6.40. The van der Waals surface area contributed by atoms with Crippen LogP contribution < -0.4 is 39.3 Å². The van der Waals surface area contributed by atoms with Crippen LogP contribution in [0.3, 0.4) is 0 Å². The minimum atomic E-state index is 0.130. The fourth-order valence-corrected chi connectivity index (χ4v) is 6.74. The van der Waals surface area contributed by atoms with Crippen LogP contribution in [0.25, 0.3) is 11.4 Å². The van der Waals surface area contributed by atoms with E-state index >= 15 is 0 Å². The molecule has 0 saturated carbocycles. The molecule has 14 N–H and O–H groups in total. The number of nitrogens with zero attached hydrogens (tertiary/aromatic N) is 4. The van der Waals surface area contributed by atoms with E-state index < -0.39 is 0 Å². The summed E-state index contributed by atoms with van der Waals surface area (Å²) in [5, 5.41) is 20.0. The summed E-state index contributed by atoms with van der Waals surface area (Å²) in [6, 6.07) is 35.1. The molecule has 12 heteroatoms. The molecule has 0 aliphatic carbocycles. The summed E-state index contributed by atoms with van der Waals surface area (Å²) in [7, 11) is 0. The summed E-state index contributed by atoms with van der Waals surface area (Å²) >= 11 is 0. The lowest BCUT2D eigenvalue weighted by Crippen LogP contribution is -2.47. The van der Waals surface area contributed by atoms with E-state index in [0.717, 1.165) is 52.4 Å². The number of piperazine rings is 2. The number of phenols is 2. The Morgan fingerprint density at radius 1 is 0.518 bits per heavy atom. The number of benzene rings is 4. The SMILES string of the molecule is CC.CC(c1ccccc1)N1CCN(C(/C=C(\N)c2ccccc2O)=C(N)N)CC1.NC(N)=C(/C=C(\N)c1ccccc1O)N1CCN(c2ccccc2)CC1. The molecule has 6 rings (SSSR count). The van der Waals surface area contributed by atoms with Crippen LogP contribution in [-0.2, 0) is 0 Å². The molecule has 4 aromatic rings. The Balaban J connectivity index is 0.000000239. The number of phenolic OH excluding ortho intramolecular Hbond substituents is 2. The first kappa shape index (κ1) is 42.3. The fraction of sp³-hybridized carbons (Fsp3) is 0.273. The zero-order chi connectivity index (χ0) is 40.6. The Labute approximate surface area is 332 Å². The second-order valence-electron chi connectivity index (χ2n) is 13.3. The van der Waals surface area contributed by atoms with Crippen LogP contribution in [0, 0.1) is 0 Å². The van der Waals surface area contributed by atoms with Gasteiger partial charge in [0.25, 0.3) is 0 Å². The lowest BCUT2D eigenvalue weighted by molar-refractivity contribution is 0.124. The summed E-state index contributed by atoms with van der Waals surface area (Å²) in [5.74, 6) is 0.706. The topological polar surface area (TPSA) is 210 Å². The van der Waals surface area contributed by atoms with Gasteiger partial charge in [-0.2, -0.15) is 0 Å². The van der Waals surface area contributed by atoms with Crippen molar-refractivity contribution in [1.82, 2.24) is 14.7 Å². The molecule has 2 aliphatic rings. The normalized spacial score (nSPS) is 15.4. The van der Waals surface area contributed by atoms with Crippen molar-refractivity contribution in [2.75, 3.05) is 57.3 Å². The second kappa shape index (κ2) is 20.9. The first-order valence-electron chi connectivity index (χ1n) is 19.1. The summed E-state index contributed by atoms with van der Waals surface area (Å²) < 4.78 is 0. The van der Waals surface area contributed by atoms with Crippen molar-refractivity contribution >= 4 is 17.1 Å². The quantitative estimate of drug-likeness (QED) is 0.108. The monoisotopic (exact) mass is 760 g/mol. The molecule has 0 radical (unpaired) electrons. The molecule has 0 spiro atoms. The molecule has 298 valence electrons. The summed E-state index contributed by atoms with van der Waals surface area (Å²) in [6.07, 6.45) is 3.49. The van der Waals surface area contributed by atoms with Gasteiger partial charge in [-0.25, -0.2) is 0 Å². The number of para-hydroxylation sites is 3. The molecule has 1 unspecified atom stereocenters. The third kappa shape index (κ3) is 11.3. The third-order valence-corrected chi connectivity index (χ3v) is 9.83. The van der Waals surface area contributed by atoms with Gasteiger partial charge < -0.3 is 59.3 Å². The third-order valence-electron chi connectivity index (χ3n) is 9.83. The average Bonchev–Trinajstić information content (AvgIpc) is 3.23. The van der Waals surface area contributed by atoms with Crippen molar-refractivity contribution in [1.29, 1.82) is 0 Å². The summed E-state index contributed by atoms with van der Waals surface area (Å²) in [6.45, 7) is 12.9. The van der Waals surface area contributed by atoms with Crippen LogP contribution >= 0.6 is 0 Å². The largest absolute Gasteiger partial charge is 0.507 e. The van der Waals surface area contributed by atoms with Crippen LogP contribution in [-0.4, -0.2) is 77.3 Å². The standard InChI is InChI=1S/C22H29N5O.C20H25N5O.C2H6/c1-16(17-7-3-2-4-8-17)26-11-13-27(14-12-26)20(22(24)25)15-19(23)18-9-5-6-10-21(18)28;21-17(16-8-4-5-9-19(16)26)14-18(20(22)23)25-12-10-24(11-13-25)15-6-2-1-3-7-15;1-2/h2-10,15-16,28H,11-14,23-25H2,1H3;1-9,14,26H,10-13,21-23H2;1-2H3/b19-15-;17-14-;. The maximum Gasteiger partial charge on any atom is 0.124 e. The molecule has 0 bridgehead atoms. The van der Waals surface area contributed by atoms with Gasteiger partial charge in [-0.3, -0.25) is 4.90 Å². The van der Waals surface area contributed by atoms with Gasteiger partial charge in [0.2, 0.25) is 0 Å². The van der Waals surface area contributed by atoms with E-state index in [9.17, 15) is 10.2 Å². The van der Waals surface area contributed by atoms with Gasteiger partial charge in [0.15, 0.2) is 0 Å². The Morgan fingerprint density at radius 2 is 0.893 bits per heavy atom. The van der Waals surface area contributed by atoms with Gasteiger partial charge in [-0.15, -0.1) is 0 Å². The zero-order valence-corrected chi connectivity index (χ0v) is 32.9. The Bertz CT molecular complexity index is 1940. The lowest BCUT2D eigenvalue weighted by Gasteiger charge is -2.39. The van der Waals surface area contributed by atoms with Crippen molar-refractivity contribution in [2.24, 2.45) is 34.4 Å². The Kier molecular flexibility index (Phi) is 15.8. The van der Waals surface area contributed by atoms with Crippen LogP contribution in [0.1, 0.15) is 43.5 Å². The number of nitrogens with two attached hydrogens (primary N) is 6. The van der Waals surface area contributed by atoms with E-state index in [2.05, 4.69) is 62.9 Å². The van der Waals surface area contributed by atoms with E-state index in [0.29, 0.717) is 40.0 Å². The first-order valence-corrected chi connectivity index (χ1v) is 19.1. The predicted octanol–water partition coefficient (Wildman–Crippen LogP) is 4.78. The molecule has 1 atom stereocenters. The van der Waals surface area contributed by atoms with Gasteiger partial charge >= 0.3 is 0 Å². The zero-order valence-electron chi connectivity index (χ0n) is 32.9. The molecule has 2 aliphatic heterocycles. The molecule has 2 fully saturated rings. The number of allylic oxidation sites excluding steroid dienone is 2. The Morgan fingerprint density at radius 3 is 1.30 bits per heavy atom. The average molecular weight is 761 g/mol. The minimum absolute atomic E-state index is 0.130. The highest BCUT2D eigenvalue weighted by molar-refractivity contribution is 5.70. The van der Waals surface area contributed by atoms with E-state index in [1.165, 1.54) is 11.3 Å². The van der Waals surface area contributed by atoms with Gasteiger partial charge in [0.05, 0.1) is 11.4 Å². The molecule has 12 nitrogen and oxygen atoms in total. The van der Waals surface area contributed by atoms with Crippen LogP contribution in [0.4, 0.5) is 5.69 Å². The molecule has 4 aromatic carbocycles. The van der Waals surface area contributed by atoms with E-state index in [1.807, 2.05) is 50.2 Å². The minimum Gasteiger partial charge on any atom is -0.507 e. The highest BCUT2D eigenvalue weighted by Crippen LogP contribution is 2.27. The summed E-state index contributed by atoms with van der Waals surface area (Å²) in [4.78, 5) is 9.06. The van der Waals surface area contributed by atoms with Crippen molar-refractivity contribution in [3.63, 3.8) is 0 Å². The molecule has 2 saturated heterocycles. The number of aromatic hydroxyl groups is 2. The van der Waals surface area contributed by atoms with Crippen molar-refractivity contribution in [2.45, 2.75) is 26.8 Å². The summed E-state index contributed by atoms with van der Waals surface area (Å²) in [5.41, 5.74) is 42.0. The smallest absolute Gasteiger partial charge is 0.124 e. The molecule has 0 aromatic heterocycles. The number of hydrogen-bond acceptors (Lipinski definition) is 12. The lowest BCUT2D eigenvalue weighted by atomic mass is 10.1. The van der Waals surface area contributed by atoms with E-state index in [4.69, 9.17) is 34.4 Å². The maximum absolute atomic E-state index is 10.0. The highest BCUT2D eigenvalue weighted by atomic mass is 16.3. The number of rotatable bonds is 9. The molecular formula is C44H60N10O2. The fourth-order valence-electron chi connectivity index (χ4n) is 6.74. The van der Waals surface area contributed by atoms with Gasteiger partial charge in [-0.05, 0) is 61.0 Å². The van der Waals surface area contributed by atoms with Gasteiger partial charge in [0, 0.05) is 86.6 Å². The predicted molar refractivity (Wildman–Crippen MR) is 231 cm³/mol. The second-order valence-corrected chi connectivity index (χ2v) is 13.3. The van der Waals surface area contributed by atoms with Crippen LogP contribution in [0.15, 0.2) is 144 Å². The van der Waals surface area contributed by atoms with Crippen molar-refractivity contribution in [3.05, 3.63) is 161 Å². The number of hydrogen-bond donors (Lipinski definition) is 8. The molecule has 0 amide bonds. The maximum atomic E-state index is 10.0.